The summed E-state index contributed by atoms with van der Waals surface area (Å²) in [7, 11) is 0. The Labute approximate surface area is 82.4 Å². The van der Waals surface area contributed by atoms with Gasteiger partial charge in [0.1, 0.15) is 11.8 Å². The van der Waals surface area contributed by atoms with Crippen molar-refractivity contribution in [3.05, 3.63) is 36.3 Å². The molecule has 0 unspecified atom stereocenters. The smallest absolute Gasteiger partial charge is 0.142 e. The molecule has 0 saturated carbocycles. The zero-order chi connectivity index (χ0) is 10.4. The van der Waals surface area contributed by atoms with Gasteiger partial charge in [-0.2, -0.15) is 5.26 Å². The van der Waals surface area contributed by atoms with Crippen LogP contribution in [0.5, 0.6) is 0 Å². The van der Waals surface area contributed by atoms with Gasteiger partial charge in [0.15, 0.2) is 0 Å². The molecule has 0 aliphatic rings. The van der Waals surface area contributed by atoms with Crippen LogP contribution in [-0.2, 0) is 0 Å². The molecule has 1 aromatic heterocycles. The fourth-order valence-electron chi connectivity index (χ4n) is 0.844. The highest BCUT2D eigenvalue weighted by atomic mass is 14.8. The quantitative estimate of drug-likeness (QED) is 0.708. The first-order valence-corrected chi connectivity index (χ1v) is 4.07. The molecule has 14 heavy (non-hydrogen) atoms. The Morgan fingerprint density at radius 2 is 2.50 bits per heavy atom. The molecular weight excluding hydrogens is 176 g/mol. The van der Waals surface area contributed by atoms with Crippen LogP contribution in [0.2, 0.25) is 0 Å². The zero-order valence-electron chi connectivity index (χ0n) is 7.78. The number of aromatic nitrogens is 1. The van der Waals surface area contributed by atoms with Gasteiger partial charge in [0.05, 0.1) is 0 Å². The topological polar surface area (TPSA) is 72.6 Å². The van der Waals surface area contributed by atoms with Gasteiger partial charge in [0.25, 0.3) is 0 Å². The molecule has 2 N–H and O–H groups in total. The largest absolute Gasteiger partial charge is 0.361 e. The average Bonchev–Trinajstić information content (AvgIpc) is 2.18. The third-order valence-electron chi connectivity index (χ3n) is 1.46. The van der Waals surface area contributed by atoms with Crippen LogP contribution in [0.1, 0.15) is 12.6 Å². The summed E-state index contributed by atoms with van der Waals surface area (Å²) in [5.74, 6) is 0. The standard InChI is InChI=1S/C10H10N4/c1-8(12)2-4-13-9-3-5-14-10(6-9)7-11/h2-6,12H,1H3,(H,13,14)/b4-2-,12-8?. The third kappa shape index (κ3) is 3.07. The number of hydrogen-bond acceptors (Lipinski definition) is 4. The first-order valence-electron chi connectivity index (χ1n) is 4.07. The molecule has 0 amide bonds. The number of nitrogens with zero attached hydrogens (tertiary/aromatic N) is 2. The van der Waals surface area contributed by atoms with Crippen LogP contribution in [0.15, 0.2) is 30.6 Å². The van der Waals surface area contributed by atoms with E-state index in [-0.39, 0.29) is 0 Å². The Kier molecular flexibility index (Phi) is 3.39. The highest BCUT2D eigenvalue weighted by molar-refractivity contribution is 5.90. The summed E-state index contributed by atoms with van der Waals surface area (Å²) in [4.78, 5) is 3.83. The van der Waals surface area contributed by atoms with Gasteiger partial charge in [0, 0.05) is 23.8 Å². The lowest BCUT2D eigenvalue weighted by Crippen LogP contribution is -1.91. The molecule has 0 radical (unpaired) electrons. The van der Waals surface area contributed by atoms with Crippen molar-refractivity contribution in [2.45, 2.75) is 6.92 Å². The number of allylic oxidation sites excluding steroid dienone is 1. The van der Waals surface area contributed by atoms with E-state index in [1.54, 1.807) is 37.5 Å². The van der Waals surface area contributed by atoms with E-state index >= 15 is 0 Å². The van der Waals surface area contributed by atoms with Gasteiger partial charge in [-0.25, -0.2) is 4.98 Å². The van der Waals surface area contributed by atoms with Crippen LogP contribution >= 0.6 is 0 Å². The molecule has 0 spiro atoms. The summed E-state index contributed by atoms with van der Waals surface area (Å²) >= 11 is 0. The van der Waals surface area contributed by atoms with Crippen LogP contribution in [0.25, 0.3) is 0 Å². The first kappa shape index (κ1) is 9.93. The van der Waals surface area contributed by atoms with E-state index < -0.39 is 0 Å². The number of rotatable bonds is 3. The van der Waals surface area contributed by atoms with Gasteiger partial charge in [0.2, 0.25) is 0 Å². The van der Waals surface area contributed by atoms with E-state index in [0.29, 0.717) is 11.4 Å². The molecule has 70 valence electrons. The van der Waals surface area contributed by atoms with Crippen molar-refractivity contribution in [2.24, 2.45) is 0 Å². The van der Waals surface area contributed by atoms with E-state index in [1.165, 1.54) is 0 Å². The zero-order valence-corrected chi connectivity index (χ0v) is 7.78. The van der Waals surface area contributed by atoms with Crippen LogP contribution in [0.3, 0.4) is 0 Å². The second kappa shape index (κ2) is 4.77. The lowest BCUT2D eigenvalue weighted by Gasteiger charge is -1.99. The molecule has 0 atom stereocenters. The summed E-state index contributed by atoms with van der Waals surface area (Å²) in [5.41, 5.74) is 1.62. The monoisotopic (exact) mass is 186 g/mol. The van der Waals surface area contributed by atoms with E-state index in [4.69, 9.17) is 10.7 Å². The molecule has 0 saturated heterocycles. The highest BCUT2D eigenvalue weighted by Crippen LogP contribution is 2.06. The van der Waals surface area contributed by atoms with Crippen molar-refractivity contribution < 1.29 is 0 Å². The number of pyridine rings is 1. The molecule has 1 aromatic rings. The number of anilines is 1. The lowest BCUT2D eigenvalue weighted by atomic mass is 10.3. The summed E-state index contributed by atoms with van der Waals surface area (Å²) < 4.78 is 0. The van der Waals surface area contributed by atoms with Crippen molar-refractivity contribution in [2.75, 3.05) is 5.32 Å². The number of nitrogens with one attached hydrogen (secondary N) is 2. The minimum absolute atomic E-state index is 0.370. The van der Waals surface area contributed by atoms with Crippen molar-refractivity contribution >= 4 is 11.4 Å². The third-order valence-corrected chi connectivity index (χ3v) is 1.46. The number of nitriles is 1. The highest BCUT2D eigenvalue weighted by Gasteiger charge is 1.92. The summed E-state index contributed by atoms with van der Waals surface area (Å²) in [6, 6.07) is 5.35. The fraction of sp³-hybridized carbons (Fsp3) is 0.100. The normalized spacial score (nSPS) is 9.71. The molecule has 4 nitrogen and oxygen atoms in total. The maximum atomic E-state index is 8.58. The van der Waals surface area contributed by atoms with E-state index in [9.17, 15) is 0 Å². The fourth-order valence-corrected chi connectivity index (χ4v) is 0.844. The molecule has 4 heteroatoms. The Morgan fingerprint density at radius 1 is 1.71 bits per heavy atom. The second-order valence-corrected chi connectivity index (χ2v) is 2.70. The van der Waals surface area contributed by atoms with Crippen LogP contribution in [0.4, 0.5) is 5.69 Å². The molecule has 0 aromatic carbocycles. The van der Waals surface area contributed by atoms with Crippen LogP contribution in [0, 0.1) is 16.7 Å². The van der Waals surface area contributed by atoms with Gasteiger partial charge in [-0.15, -0.1) is 0 Å². The minimum Gasteiger partial charge on any atom is -0.361 e. The summed E-state index contributed by atoms with van der Waals surface area (Å²) in [6.45, 7) is 1.69. The molecule has 1 rings (SSSR count). The molecule has 0 aliphatic carbocycles. The van der Waals surface area contributed by atoms with Crippen molar-refractivity contribution in [1.29, 1.82) is 10.7 Å². The summed E-state index contributed by atoms with van der Waals surface area (Å²) in [6.07, 6.45) is 4.84. The Morgan fingerprint density at radius 3 is 3.14 bits per heavy atom. The summed E-state index contributed by atoms with van der Waals surface area (Å²) in [5, 5.41) is 18.7. The van der Waals surface area contributed by atoms with Crippen molar-refractivity contribution in [3.63, 3.8) is 0 Å². The molecule has 1 heterocycles. The molecule has 0 bridgehead atoms. The molecule has 0 aliphatic heterocycles. The minimum atomic E-state index is 0.370. The first-order chi connectivity index (χ1) is 6.72. The van der Waals surface area contributed by atoms with Crippen LogP contribution in [-0.4, -0.2) is 10.7 Å². The predicted molar refractivity (Wildman–Crippen MR) is 55.1 cm³/mol. The van der Waals surface area contributed by atoms with Gasteiger partial charge in [-0.05, 0) is 25.1 Å². The van der Waals surface area contributed by atoms with Gasteiger partial charge >= 0.3 is 0 Å². The molecule has 0 fully saturated rings. The maximum Gasteiger partial charge on any atom is 0.142 e. The SMILES string of the molecule is CC(=N)/C=C\Nc1ccnc(C#N)c1. The predicted octanol–water partition coefficient (Wildman–Crippen LogP) is 1.92. The van der Waals surface area contributed by atoms with E-state index in [1.807, 2.05) is 6.07 Å². The molecular formula is C10H10N4. The van der Waals surface area contributed by atoms with Crippen molar-refractivity contribution in [3.8, 4) is 6.07 Å². The Balaban J connectivity index is 2.69. The van der Waals surface area contributed by atoms with Gasteiger partial charge in [-0.1, -0.05) is 0 Å². The van der Waals surface area contributed by atoms with Crippen LogP contribution < -0.4 is 5.32 Å². The lowest BCUT2D eigenvalue weighted by molar-refractivity contribution is 1.26. The Bertz CT molecular complexity index is 401. The number of hydrogen-bond donors (Lipinski definition) is 2. The van der Waals surface area contributed by atoms with Crippen molar-refractivity contribution in [1.82, 2.24) is 4.98 Å². The average molecular weight is 186 g/mol. The Hall–Kier alpha value is -2.15. The van der Waals surface area contributed by atoms with Gasteiger partial charge in [-0.3, -0.25) is 0 Å². The second-order valence-electron chi connectivity index (χ2n) is 2.70. The van der Waals surface area contributed by atoms with Gasteiger partial charge < -0.3 is 10.7 Å². The van der Waals surface area contributed by atoms with E-state index in [2.05, 4.69) is 10.3 Å². The maximum absolute atomic E-state index is 8.58. The van der Waals surface area contributed by atoms with E-state index in [0.717, 1.165) is 5.69 Å².